The van der Waals surface area contributed by atoms with Crippen molar-refractivity contribution in [2.45, 2.75) is 26.2 Å². The number of nitrogens with one attached hydrogen (secondary N) is 3. The number of rotatable bonds is 5. The highest BCUT2D eigenvalue weighted by Crippen LogP contribution is 2.30. The maximum atomic E-state index is 12.7. The normalized spacial score (nSPS) is 13.6. The lowest BCUT2D eigenvalue weighted by Crippen LogP contribution is -2.41. The summed E-state index contributed by atoms with van der Waals surface area (Å²) in [4.78, 5) is 37.7. The number of hydrogen-bond acceptors (Lipinski definition) is 6. The molecule has 3 aromatic rings. The number of hydrazone groups is 1. The average molecular weight is 495 g/mol. The van der Waals surface area contributed by atoms with Crippen LogP contribution in [0.15, 0.2) is 58.0 Å². The molecule has 1 aromatic heterocycles. The largest absolute Gasteiger partial charge is 0.496 e. The summed E-state index contributed by atoms with van der Waals surface area (Å²) < 4.78 is 11.0. The highest BCUT2D eigenvalue weighted by molar-refractivity contribution is 6.31. The zero-order chi connectivity index (χ0) is 24.9. The fourth-order valence-electron chi connectivity index (χ4n) is 3.88. The number of hydrazine groups is 1. The number of methoxy groups -OCH3 is 1. The Morgan fingerprint density at radius 1 is 1.00 bits per heavy atom. The van der Waals surface area contributed by atoms with E-state index in [2.05, 4.69) is 21.4 Å². The minimum Gasteiger partial charge on any atom is -0.496 e. The molecule has 0 aliphatic heterocycles. The summed E-state index contributed by atoms with van der Waals surface area (Å²) in [6, 6.07) is 13.2. The lowest BCUT2D eigenvalue weighted by molar-refractivity contribution is 0.0829. The van der Waals surface area contributed by atoms with Crippen molar-refractivity contribution in [3.8, 4) is 5.75 Å². The van der Waals surface area contributed by atoms with E-state index in [0.717, 1.165) is 6.42 Å². The van der Waals surface area contributed by atoms with E-state index in [-0.39, 0.29) is 5.76 Å². The average Bonchev–Trinajstić information content (AvgIpc) is 3.22. The molecule has 0 saturated heterocycles. The Kier molecular flexibility index (Phi) is 7.17. The highest BCUT2D eigenvalue weighted by atomic mass is 35.5. The van der Waals surface area contributed by atoms with Crippen molar-refractivity contribution >= 4 is 35.0 Å². The van der Waals surface area contributed by atoms with Gasteiger partial charge in [0.15, 0.2) is 5.76 Å². The van der Waals surface area contributed by atoms with Crippen LogP contribution in [0.25, 0.3) is 0 Å². The van der Waals surface area contributed by atoms with Crippen LogP contribution in [0.1, 0.15) is 61.0 Å². The van der Waals surface area contributed by atoms with Crippen LogP contribution in [0.4, 0.5) is 0 Å². The molecule has 0 radical (unpaired) electrons. The first-order chi connectivity index (χ1) is 16.9. The van der Waals surface area contributed by atoms with Crippen molar-refractivity contribution in [2.75, 3.05) is 7.11 Å². The number of furan rings is 1. The number of para-hydroxylation sites is 1. The van der Waals surface area contributed by atoms with Crippen LogP contribution < -0.4 is 21.0 Å². The van der Waals surface area contributed by atoms with Crippen molar-refractivity contribution in [1.29, 1.82) is 0 Å². The maximum absolute atomic E-state index is 12.7. The Morgan fingerprint density at radius 2 is 1.77 bits per heavy atom. The summed E-state index contributed by atoms with van der Waals surface area (Å²) in [5.74, 6) is -0.434. The standard InChI is InChI=1S/C25H23ClN4O5/c1-14-21-18(27-29-24(32)17-9-3-4-11-19(17)34-2)10-6-12-20(21)35-22(14)25(33)30-28-23(31)15-7-5-8-16(26)13-15/h3-5,7-9,11,13H,6,10,12H2,1-2H3,(H,28,31)(H,29,32)(H,30,33)/b27-18+. The van der Waals surface area contributed by atoms with Crippen molar-refractivity contribution < 1.29 is 23.5 Å². The lowest BCUT2D eigenvalue weighted by Gasteiger charge is -2.14. The van der Waals surface area contributed by atoms with E-state index in [4.69, 9.17) is 20.8 Å². The van der Waals surface area contributed by atoms with Crippen molar-refractivity contribution in [1.82, 2.24) is 16.3 Å². The predicted octanol–water partition coefficient (Wildman–Crippen LogP) is 3.80. The molecule has 0 saturated carbocycles. The van der Waals surface area contributed by atoms with Crippen LogP contribution in [-0.2, 0) is 6.42 Å². The van der Waals surface area contributed by atoms with E-state index < -0.39 is 17.7 Å². The zero-order valence-corrected chi connectivity index (χ0v) is 19.9. The molecule has 35 heavy (non-hydrogen) atoms. The van der Waals surface area contributed by atoms with Gasteiger partial charge < -0.3 is 9.15 Å². The summed E-state index contributed by atoms with van der Waals surface area (Å²) in [5, 5.41) is 4.73. The van der Waals surface area contributed by atoms with Gasteiger partial charge in [-0.3, -0.25) is 25.2 Å². The van der Waals surface area contributed by atoms with E-state index in [9.17, 15) is 14.4 Å². The Hall–Kier alpha value is -4.11. The molecule has 3 N–H and O–H groups in total. The molecule has 2 aromatic carbocycles. The number of ether oxygens (including phenoxy) is 1. The van der Waals surface area contributed by atoms with E-state index in [1.54, 1.807) is 49.4 Å². The summed E-state index contributed by atoms with van der Waals surface area (Å²) in [6.45, 7) is 1.74. The predicted molar refractivity (Wildman–Crippen MR) is 130 cm³/mol. The van der Waals surface area contributed by atoms with E-state index in [1.807, 2.05) is 0 Å². The van der Waals surface area contributed by atoms with Gasteiger partial charge in [0.2, 0.25) is 0 Å². The Morgan fingerprint density at radius 3 is 2.54 bits per heavy atom. The van der Waals surface area contributed by atoms with Gasteiger partial charge in [0.05, 0.1) is 18.4 Å². The Bertz CT molecular complexity index is 1330. The van der Waals surface area contributed by atoms with Crippen LogP contribution in [0.2, 0.25) is 5.02 Å². The van der Waals surface area contributed by atoms with Gasteiger partial charge in [0.1, 0.15) is 11.5 Å². The van der Waals surface area contributed by atoms with Gasteiger partial charge in [-0.25, -0.2) is 5.43 Å². The first-order valence-electron chi connectivity index (χ1n) is 10.9. The first kappa shape index (κ1) is 24.0. The third kappa shape index (κ3) is 5.20. The molecule has 3 amide bonds. The number of nitrogens with zero attached hydrogens (tertiary/aromatic N) is 1. The Balaban J connectivity index is 1.49. The molecule has 0 spiro atoms. The molecule has 1 aliphatic carbocycles. The van der Waals surface area contributed by atoms with Gasteiger partial charge in [0, 0.05) is 28.1 Å². The zero-order valence-electron chi connectivity index (χ0n) is 19.1. The summed E-state index contributed by atoms with van der Waals surface area (Å²) >= 11 is 5.91. The number of amides is 3. The number of fused-ring (bicyclic) bond motifs is 1. The minimum atomic E-state index is -0.607. The minimum absolute atomic E-state index is 0.0621. The molecule has 0 bridgehead atoms. The molecule has 180 valence electrons. The number of halogens is 1. The first-order valence-corrected chi connectivity index (χ1v) is 11.3. The van der Waals surface area contributed by atoms with Crippen LogP contribution in [0.3, 0.4) is 0 Å². The fourth-order valence-corrected chi connectivity index (χ4v) is 4.07. The third-order valence-corrected chi connectivity index (χ3v) is 5.79. The maximum Gasteiger partial charge on any atom is 0.305 e. The topological polar surface area (TPSA) is 122 Å². The summed E-state index contributed by atoms with van der Waals surface area (Å²) in [6.07, 6.45) is 1.97. The monoisotopic (exact) mass is 494 g/mol. The molecule has 9 nitrogen and oxygen atoms in total. The Labute approximate surface area is 206 Å². The molecule has 0 unspecified atom stereocenters. The van der Waals surface area contributed by atoms with Crippen LogP contribution in [0, 0.1) is 6.92 Å². The van der Waals surface area contributed by atoms with Gasteiger partial charge in [-0.1, -0.05) is 29.8 Å². The number of hydrogen-bond donors (Lipinski definition) is 3. The molecule has 1 aliphatic rings. The van der Waals surface area contributed by atoms with Gasteiger partial charge in [0.25, 0.3) is 11.8 Å². The van der Waals surface area contributed by atoms with E-state index >= 15 is 0 Å². The molecule has 10 heteroatoms. The summed E-state index contributed by atoms with van der Waals surface area (Å²) in [7, 11) is 1.49. The van der Waals surface area contributed by atoms with Crippen molar-refractivity contribution in [3.63, 3.8) is 0 Å². The summed E-state index contributed by atoms with van der Waals surface area (Å²) in [5.41, 5.74) is 9.81. The molecule has 1 heterocycles. The van der Waals surface area contributed by atoms with Crippen LogP contribution in [0.5, 0.6) is 5.75 Å². The van der Waals surface area contributed by atoms with E-state index in [0.29, 0.717) is 57.3 Å². The number of benzene rings is 2. The molecular formula is C25H23ClN4O5. The van der Waals surface area contributed by atoms with Gasteiger partial charge in [-0.15, -0.1) is 0 Å². The second kappa shape index (κ2) is 10.4. The molecular weight excluding hydrogens is 472 g/mol. The van der Waals surface area contributed by atoms with Gasteiger partial charge in [-0.2, -0.15) is 5.10 Å². The lowest BCUT2D eigenvalue weighted by atomic mass is 9.93. The number of carbonyl (C=O) groups is 3. The molecule has 0 fully saturated rings. The number of aryl methyl sites for hydroxylation is 1. The molecule has 4 rings (SSSR count). The highest BCUT2D eigenvalue weighted by Gasteiger charge is 2.28. The quantitative estimate of drug-likeness (QED) is 0.466. The second-order valence-corrected chi connectivity index (χ2v) is 8.26. The van der Waals surface area contributed by atoms with Crippen LogP contribution in [-0.4, -0.2) is 30.5 Å². The fraction of sp³-hybridized carbons (Fsp3) is 0.200. The van der Waals surface area contributed by atoms with Gasteiger partial charge in [-0.05, 0) is 50.1 Å². The smallest absolute Gasteiger partial charge is 0.305 e. The number of carbonyl (C=O) groups excluding carboxylic acids is 3. The second-order valence-electron chi connectivity index (χ2n) is 7.83. The van der Waals surface area contributed by atoms with Crippen molar-refractivity contribution in [3.05, 3.63) is 87.3 Å². The van der Waals surface area contributed by atoms with E-state index in [1.165, 1.54) is 13.2 Å². The van der Waals surface area contributed by atoms with Gasteiger partial charge >= 0.3 is 5.91 Å². The SMILES string of the molecule is COc1ccccc1C(=O)N/N=C1\CCCc2oc(C(=O)NNC(=O)c3cccc(Cl)c3)c(C)c21. The van der Waals surface area contributed by atoms with Crippen LogP contribution >= 0.6 is 11.6 Å². The molecule has 0 atom stereocenters. The van der Waals surface area contributed by atoms with Crippen molar-refractivity contribution in [2.24, 2.45) is 5.10 Å². The third-order valence-electron chi connectivity index (χ3n) is 5.55.